The van der Waals surface area contributed by atoms with E-state index in [1.54, 1.807) is 0 Å². The van der Waals surface area contributed by atoms with E-state index in [0.717, 1.165) is 23.3 Å². The highest BCUT2D eigenvalue weighted by molar-refractivity contribution is 5.94. The summed E-state index contributed by atoms with van der Waals surface area (Å²) in [5.41, 5.74) is 2.77. The van der Waals surface area contributed by atoms with Crippen LogP contribution in [0, 0.1) is 0 Å². The fraction of sp³-hybridized carbons (Fsp3) is 0.350. The molecule has 1 aliphatic rings. The van der Waals surface area contributed by atoms with E-state index in [0.29, 0.717) is 18.8 Å². The van der Waals surface area contributed by atoms with Gasteiger partial charge in [-0.1, -0.05) is 30.3 Å². The molecule has 1 N–H and O–H groups in total. The summed E-state index contributed by atoms with van der Waals surface area (Å²) < 4.78 is 11.2. The van der Waals surface area contributed by atoms with Crippen LogP contribution >= 0.6 is 0 Å². The molecule has 2 aromatic rings. The van der Waals surface area contributed by atoms with E-state index >= 15 is 0 Å². The third-order valence-corrected chi connectivity index (χ3v) is 4.06. The predicted molar refractivity (Wildman–Crippen MR) is 93.1 cm³/mol. The Hall–Kier alpha value is -2.33. The Bertz CT molecular complexity index is 694. The molecule has 2 aromatic carbocycles. The standard InChI is InChI=1S/C20H23NO3/c1-14(2)24-13-15-7-9-16(10-8-15)20(22)21-18-11-12-23-19-6-4-3-5-17(18)19/h3-10,14,18H,11-13H2,1-2H3,(H,21,22)/t18-/m1/s1. The lowest BCUT2D eigenvalue weighted by Gasteiger charge is -2.26. The summed E-state index contributed by atoms with van der Waals surface area (Å²) in [6.45, 7) is 5.20. The van der Waals surface area contributed by atoms with E-state index in [4.69, 9.17) is 9.47 Å². The average molecular weight is 325 g/mol. The number of hydrogen-bond donors (Lipinski definition) is 1. The van der Waals surface area contributed by atoms with Crippen molar-refractivity contribution >= 4 is 5.91 Å². The predicted octanol–water partition coefficient (Wildman–Crippen LogP) is 3.87. The number of nitrogens with one attached hydrogen (secondary N) is 1. The number of fused-ring (bicyclic) bond motifs is 1. The van der Waals surface area contributed by atoms with E-state index < -0.39 is 0 Å². The maximum Gasteiger partial charge on any atom is 0.251 e. The van der Waals surface area contributed by atoms with Gasteiger partial charge in [-0.25, -0.2) is 0 Å². The molecule has 24 heavy (non-hydrogen) atoms. The highest BCUT2D eigenvalue weighted by atomic mass is 16.5. The molecule has 1 aliphatic heterocycles. The zero-order valence-electron chi connectivity index (χ0n) is 14.1. The molecule has 0 bridgehead atoms. The van der Waals surface area contributed by atoms with Crippen molar-refractivity contribution in [3.63, 3.8) is 0 Å². The zero-order valence-corrected chi connectivity index (χ0v) is 14.1. The second-order valence-electron chi connectivity index (χ2n) is 6.26. The quantitative estimate of drug-likeness (QED) is 0.908. The molecule has 0 saturated heterocycles. The van der Waals surface area contributed by atoms with Crippen molar-refractivity contribution in [2.24, 2.45) is 0 Å². The van der Waals surface area contributed by atoms with Crippen molar-refractivity contribution in [1.29, 1.82) is 0 Å². The Labute approximate surface area is 142 Å². The SMILES string of the molecule is CC(C)OCc1ccc(C(=O)N[C@@H]2CCOc3ccccc32)cc1. The van der Waals surface area contributed by atoms with Gasteiger partial charge in [0.15, 0.2) is 0 Å². The molecule has 1 amide bonds. The molecule has 0 saturated carbocycles. The molecule has 3 rings (SSSR count). The summed E-state index contributed by atoms with van der Waals surface area (Å²) in [5.74, 6) is 0.795. The van der Waals surface area contributed by atoms with Crippen LogP contribution < -0.4 is 10.1 Å². The molecular weight excluding hydrogens is 302 g/mol. The van der Waals surface area contributed by atoms with Gasteiger partial charge in [0.2, 0.25) is 0 Å². The van der Waals surface area contributed by atoms with Crippen molar-refractivity contribution in [3.8, 4) is 5.75 Å². The minimum Gasteiger partial charge on any atom is -0.493 e. The normalized spacial score (nSPS) is 16.4. The molecule has 4 heteroatoms. The van der Waals surface area contributed by atoms with Gasteiger partial charge in [-0.2, -0.15) is 0 Å². The lowest BCUT2D eigenvalue weighted by atomic mass is 10.00. The molecule has 126 valence electrons. The molecule has 0 radical (unpaired) electrons. The lowest BCUT2D eigenvalue weighted by molar-refractivity contribution is 0.0656. The molecule has 1 heterocycles. The van der Waals surface area contributed by atoms with Crippen LogP contribution in [0.4, 0.5) is 0 Å². The van der Waals surface area contributed by atoms with Crippen LogP contribution in [0.5, 0.6) is 5.75 Å². The topological polar surface area (TPSA) is 47.6 Å². The highest BCUT2D eigenvalue weighted by Gasteiger charge is 2.22. The first-order chi connectivity index (χ1) is 11.6. The van der Waals surface area contributed by atoms with Gasteiger partial charge >= 0.3 is 0 Å². The van der Waals surface area contributed by atoms with Crippen LogP contribution in [-0.4, -0.2) is 18.6 Å². The minimum absolute atomic E-state index is 0.00796. The van der Waals surface area contributed by atoms with Gasteiger partial charge in [-0.05, 0) is 37.6 Å². The first-order valence-electron chi connectivity index (χ1n) is 8.36. The van der Waals surface area contributed by atoms with E-state index in [1.807, 2.05) is 62.4 Å². The Morgan fingerprint density at radius 2 is 1.96 bits per heavy atom. The summed E-state index contributed by atoms with van der Waals surface area (Å²) in [6, 6.07) is 15.4. The fourth-order valence-corrected chi connectivity index (χ4v) is 2.75. The monoisotopic (exact) mass is 325 g/mol. The summed E-state index contributed by atoms with van der Waals surface area (Å²) in [5, 5.41) is 3.11. The largest absolute Gasteiger partial charge is 0.493 e. The molecule has 0 unspecified atom stereocenters. The Morgan fingerprint density at radius 3 is 2.71 bits per heavy atom. The van der Waals surface area contributed by atoms with E-state index in [9.17, 15) is 4.79 Å². The number of hydrogen-bond acceptors (Lipinski definition) is 3. The third kappa shape index (κ3) is 3.95. The summed E-state index contributed by atoms with van der Waals surface area (Å²) >= 11 is 0. The Kier molecular flexibility index (Phi) is 5.16. The van der Waals surface area contributed by atoms with Gasteiger partial charge in [-0.3, -0.25) is 4.79 Å². The van der Waals surface area contributed by atoms with Crippen molar-refractivity contribution in [1.82, 2.24) is 5.32 Å². The zero-order chi connectivity index (χ0) is 16.9. The second-order valence-corrected chi connectivity index (χ2v) is 6.26. The van der Waals surface area contributed by atoms with Crippen LogP contribution in [0.3, 0.4) is 0 Å². The van der Waals surface area contributed by atoms with Gasteiger partial charge in [0.25, 0.3) is 5.91 Å². The number of amides is 1. The molecule has 4 nitrogen and oxygen atoms in total. The Balaban J connectivity index is 1.65. The Morgan fingerprint density at radius 1 is 1.21 bits per heavy atom. The van der Waals surface area contributed by atoms with Gasteiger partial charge in [-0.15, -0.1) is 0 Å². The summed E-state index contributed by atoms with van der Waals surface area (Å²) in [7, 11) is 0. The second kappa shape index (κ2) is 7.49. The molecule has 1 atom stereocenters. The average Bonchev–Trinajstić information content (AvgIpc) is 2.60. The van der Waals surface area contributed by atoms with Crippen LogP contribution in [0.1, 0.15) is 47.8 Å². The van der Waals surface area contributed by atoms with Crippen LogP contribution in [0.25, 0.3) is 0 Å². The number of para-hydroxylation sites is 1. The minimum atomic E-state index is -0.0620. The van der Waals surface area contributed by atoms with Crippen LogP contribution in [0.2, 0.25) is 0 Å². The van der Waals surface area contributed by atoms with Crippen LogP contribution in [-0.2, 0) is 11.3 Å². The molecule has 0 aromatic heterocycles. The van der Waals surface area contributed by atoms with E-state index in [-0.39, 0.29) is 18.1 Å². The first kappa shape index (κ1) is 16.5. The van der Waals surface area contributed by atoms with Crippen molar-refractivity contribution in [2.45, 2.75) is 39.0 Å². The third-order valence-electron chi connectivity index (χ3n) is 4.06. The van der Waals surface area contributed by atoms with Gasteiger partial charge < -0.3 is 14.8 Å². The maximum atomic E-state index is 12.5. The van der Waals surface area contributed by atoms with Crippen LogP contribution in [0.15, 0.2) is 48.5 Å². The van der Waals surface area contributed by atoms with Gasteiger partial charge in [0.1, 0.15) is 5.75 Å². The number of carbonyl (C=O) groups is 1. The molecule has 0 aliphatic carbocycles. The fourth-order valence-electron chi connectivity index (χ4n) is 2.75. The smallest absolute Gasteiger partial charge is 0.251 e. The van der Waals surface area contributed by atoms with Crippen molar-refractivity contribution < 1.29 is 14.3 Å². The number of rotatable bonds is 5. The maximum absolute atomic E-state index is 12.5. The lowest BCUT2D eigenvalue weighted by Crippen LogP contribution is -2.32. The molecule has 0 spiro atoms. The van der Waals surface area contributed by atoms with Gasteiger partial charge in [0.05, 0.1) is 25.4 Å². The molecular formula is C20H23NO3. The molecule has 0 fully saturated rings. The number of benzene rings is 2. The highest BCUT2D eigenvalue weighted by Crippen LogP contribution is 2.31. The van der Waals surface area contributed by atoms with Crippen molar-refractivity contribution in [3.05, 3.63) is 65.2 Å². The van der Waals surface area contributed by atoms with Gasteiger partial charge in [0, 0.05) is 17.5 Å². The summed E-state index contributed by atoms with van der Waals surface area (Å²) in [4.78, 5) is 12.5. The number of carbonyl (C=O) groups excluding carboxylic acids is 1. The van der Waals surface area contributed by atoms with E-state index in [2.05, 4.69) is 5.32 Å². The first-order valence-corrected chi connectivity index (χ1v) is 8.36. The van der Waals surface area contributed by atoms with E-state index in [1.165, 1.54) is 0 Å². The number of ether oxygens (including phenoxy) is 2. The van der Waals surface area contributed by atoms with Crippen molar-refractivity contribution in [2.75, 3.05) is 6.61 Å². The summed E-state index contributed by atoms with van der Waals surface area (Å²) in [6.07, 6.45) is 0.977.